The Morgan fingerprint density at radius 3 is 2.57 bits per heavy atom. The number of aromatic nitrogens is 3. The number of aromatic amines is 1. The summed E-state index contributed by atoms with van der Waals surface area (Å²) in [4.78, 5) is 28.7. The van der Waals surface area contributed by atoms with Crippen LogP contribution in [0.4, 0.5) is 5.69 Å². The Kier molecular flexibility index (Phi) is 6.48. The van der Waals surface area contributed by atoms with E-state index in [1.54, 1.807) is 18.3 Å². The van der Waals surface area contributed by atoms with Gasteiger partial charge >= 0.3 is 11.8 Å². The van der Waals surface area contributed by atoms with Gasteiger partial charge in [-0.2, -0.15) is 5.10 Å². The molecule has 28 heavy (non-hydrogen) atoms. The van der Waals surface area contributed by atoms with Gasteiger partial charge in [0.25, 0.3) is 0 Å². The SMILES string of the molecule is O=C(NCC(CCO)c1ccccc1)C(=O)Nc1cn[nH]c1-c1ccccn1. The van der Waals surface area contributed by atoms with Crippen LogP contribution in [-0.2, 0) is 9.59 Å². The van der Waals surface area contributed by atoms with Crippen molar-refractivity contribution in [2.45, 2.75) is 12.3 Å². The molecule has 2 heterocycles. The van der Waals surface area contributed by atoms with E-state index >= 15 is 0 Å². The minimum Gasteiger partial charge on any atom is -0.396 e. The van der Waals surface area contributed by atoms with Crippen molar-refractivity contribution in [2.75, 3.05) is 18.5 Å². The highest BCUT2D eigenvalue weighted by Gasteiger charge is 2.19. The van der Waals surface area contributed by atoms with E-state index in [1.165, 1.54) is 6.20 Å². The lowest BCUT2D eigenvalue weighted by molar-refractivity contribution is -0.136. The second-order valence-corrected chi connectivity index (χ2v) is 6.16. The number of benzene rings is 1. The molecule has 8 nitrogen and oxygen atoms in total. The molecule has 0 saturated heterocycles. The highest BCUT2D eigenvalue weighted by atomic mass is 16.3. The van der Waals surface area contributed by atoms with Crippen molar-refractivity contribution < 1.29 is 14.7 Å². The third-order valence-corrected chi connectivity index (χ3v) is 4.27. The molecule has 0 aliphatic rings. The second kappa shape index (κ2) is 9.43. The molecule has 8 heteroatoms. The summed E-state index contributed by atoms with van der Waals surface area (Å²) in [5, 5.41) is 21.1. The molecule has 144 valence electrons. The summed E-state index contributed by atoms with van der Waals surface area (Å²) < 4.78 is 0. The van der Waals surface area contributed by atoms with Gasteiger partial charge < -0.3 is 15.7 Å². The Morgan fingerprint density at radius 2 is 1.86 bits per heavy atom. The topological polar surface area (TPSA) is 120 Å². The molecule has 3 rings (SSSR count). The van der Waals surface area contributed by atoms with E-state index in [4.69, 9.17) is 0 Å². The zero-order chi connectivity index (χ0) is 19.8. The molecule has 4 N–H and O–H groups in total. The first-order valence-corrected chi connectivity index (χ1v) is 8.88. The average molecular weight is 379 g/mol. The van der Waals surface area contributed by atoms with Gasteiger partial charge in [0, 0.05) is 25.3 Å². The number of hydrogen-bond acceptors (Lipinski definition) is 5. The van der Waals surface area contributed by atoms with Gasteiger partial charge in [0.1, 0.15) is 5.69 Å². The number of carbonyl (C=O) groups excluding carboxylic acids is 2. The second-order valence-electron chi connectivity index (χ2n) is 6.16. The Bertz CT molecular complexity index is 912. The number of pyridine rings is 1. The van der Waals surface area contributed by atoms with Crippen molar-refractivity contribution in [2.24, 2.45) is 0 Å². The van der Waals surface area contributed by atoms with Gasteiger partial charge in [0.15, 0.2) is 0 Å². The summed E-state index contributed by atoms with van der Waals surface area (Å²) in [6, 6.07) is 14.9. The van der Waals surface area contributed by atoms with Crippen LogP contribution in [0.5, 0.6) is 0 Å². The molecule has 0 saturated carbocycles. The quantitative estimate of drug-likeness (QED) is 0.466. The number of aliphatic hydroxyl groups excluding tert-OH is 1. The highest BCUT2D eigenvalue weighted by Crippen LogP contribution is 2.23. The fourth-order valence-corrected chi connectivity index (χ4v) is 2.83. The Labute approximate surface area is 162 Å². The predicted octanol–water partition coefficient (Wildman–Crippen LogP) is 1.69. The van der Waals surface area contributed by atoms with Gasteiger partial charge in [-0.1, -0.05) is 36.4 Å². The summed E-state index contributed by atoms with van der Waals surface area (Å²) in [5.41, 5.74) is 2.48. The Morgan fingerprint density at radius 1 is 1.07 bits per heavy atom. The van der Waals surface area contributed by atoms with Crippen LogP contribution in [0.3, 0.4) is 0 Å². The maximum Gasteiger partial charge on any atom is 0.313 e. The molecule has 0 aliphatic carbocycles. The van der Waals surface area contributed by atoms with Gasteiger partial charge in [-0.25, -0.2) is 0 Å². The standard InChI is InChI=1S/C20H21N5O3/c26-11-9-15(14-6-2-1-3-7-14)12-22-19(27)20(28)24-17-13-23-25-18(17)16-8-4-5-10-21-16/h1-8,10,13,15,26H,9,11-12H2,(H,22,27)(H,23,25)(H,24,28). The normalized spacial score (nSPS) is 11.6. The molecule has 0 fully saturated rings. The first-order chi connectivity index (χ1) is 13.7. The molecule has 0 radical (unpaired) electrons. The lowest BCUT2D eigenvalue weighted by Gasteiger charge is -2.17. The number of amides is 2. The molecule has 1 atom stereocenters. The van der Waals surface area contributed by atoms with Crippen molar-refractivity contribution in [1.82, 2.24) is 20.5 Å². The van der Waals surface area contributed by atoms with Gasteiger partial charge in [-0.15, -0.1) is 0 Å². The van der Waals surface area contributed by atoms with Gasteiger partial charge in [0.05, 0.1) is 17.6 Å². The van der Waals surface area contributed by atoms with Crippen LogP contribution in [0.1, 0.15) is 17.9 Å². The van der Waals surface area contributed by atoms with E-state index < -0.39 is 11.8 Å². The van der Waals surface area contributed by atoms with E-state index in [2.05, 4.69) is 25.8 Å². The van der Waals surface area contributed by atoms with Crippen LogP contribution < -0.4 is 10.6 Å². The molecule has 3 aromatic rings. The maximum atomic E-state index is 12.3. The molecule has 1 aromatic carbocycles. The van der Waals surface area contributed by atoms with Gasteiger partial charge in [-0.05, 0) is 24.1 Å². The minimum atomic E-state index is -0.797. The van der Waals surface area contributed by atoms with Gasteiger partial charge in [0.2, 0.25) is 0 Å². The van der Waals surface area contributed by atoms with Crippen molar-refractivity contribution >= 4 is 17.5 Å². The van der Waals surface area contributed by atoms with E-state index in [0.29, 0.717) is 23.5 Å². The molecule has 2 amide bonds. The van der Waals surface area contributed by atoms with E-state index in [0.717, 1.165) is 5.56 Å². The fraction of sp³-hybridized carbons (Fsp3) is 0.200. The number of H-pyrrole nitrogens is 1. The smallest absolute Gasteiger partial charge is 0.313 e. The molecule has 0 aliphatic heterocycles. The van der Waals surface area contributed by atoms with Crippen molar-refractivity contribution in [3.8, 4) is 11.4 Å². The van der Waals surface area contributed by atoms with Crippen molar-refractivity contribution in [3.63, 3.8) is 0 Å². The van der Waals surface area contributed by atoms with E-state index in [9.17, 15) is 14.7 Å². The zero-order valence-electron chi connectivity index (χ0n) is 15.1. The third kappa shape index (κ3) is 4.80. The molecule has 0 bridgehead atoms. The predicted molar refractivity (Wildman–Crippen MR) is 104 cm³/mol. The highest BCUT2D eigenvalue weighted by molar-refractivity contribution is 6.39. The number of carbonyl (C=O) groups is 2. The Hall–Kier alpha value is -3.52. The minimum absolute atomic E-state index is 0.00984. The van der Waals surface area contributed by atoms with Crippen LogP contribution in [0.15, 0.2) is 60.9 Å². The maximum absolute atomic E-state index is 12.3. The summed E-state index contributed by atoms with van der Waals surface area (Å²) >= 11 is 0. The van der Waals surface area contributed by atoms with Crippen LogP contribution in [-0.4, -0.2) is 45.3 Å². The number of aliphatic hydroxyl groups is 1. The van der Waals surface area contributed by atoms with E-state index in [-0.39, 0.29) is 19.1 Å². The summed E-state index contributed by atoms with van der Waals surface area (Å²) in [7, 11) is 0. The monoisotopic (exact) mass is 379 g/mol. The van der Waals surface area contributed by atoms with Gasteiger partial charge in [-0.3, -0.25) is 19.7 Å². The summed E-state index contributed by atoms with van der Waals surface area (Å²) in [6.45, 7) is 0.236. The van der Waals surface area contributed by atoms with Crippen LogP contribution >= 0.6 is 0 Å². The van der Waals surface area contributed by atoms with Crippen LogP contribution in [0, 0.1) is 0 Å². The van der Waals surface area contributed by atoms with Crippen molar-refractivity contribution in [1.29, 1.82) is 0 Å². The molecule has 1 unspecified atom stereocenters. The number of nitrogens with one attached hydrogen (secondary N) is 3. The largest absolute Gasteiger partial charge is 0.396 e. The number of rotatable bonds is 7. The number of hydrogen-bond donors (Lipinski definition) is 4. The van der Waals surface area contributed by atoms with Crippen LogP contribution in [0.2, 0.25) is 0 Å². The molecular weight excluding hydrogens is 358 g/mol. The van der Waals surface area contributed by atoms with Crippen LogP contribution in [0.25, 0.3) is 11.4 Å². The molecular formula is C20H21N5O3. The first kappa shape index (κ1) is 19.2. The first-order valence-electron chi connectivity index (χ1n) is 8.88. The molecule has 0 spiro atoms. The van der Waals surface area contributed by atoms with Crippen molar-refractivity contribution in [3.05, 3.63) is 66.5 Å². The third-order valence-electron chi connectivity index (χ3n) is 4.27. The Balaban J connectivity index is 1.61. The zero-order valence-corrected chi connectivity index (χ0v) is 15.1. The average Bonchev–Trinajstić information content (AvgIpc) is 3.20. The van der Waals surface area contributed by atoms with E-state index in [1.807, 2.05) is 36.4 Å². The summed E-state index contributed by atoms with van der Waals surface area (Å²) in [5.74, 6) is -1.64. The molecule has 2 aromatic heterocycles. The number of nitrogens with zero attached hydrogens (tertiary/aromatic N) is 2. The lowest BCUT2D eigenvalue weighted by atomic mass is 9.96. The fourth-order valence-electron chi connectivity index (χ4n) is 2.83. The lowest BCUT2D eigenvalue weighted by Crippen LogP contribution is -2.37. The summed E-state index contributed by atoms with van der Waals surface area (Å²) in [6.07, 6.45) is 3.53. The number of anilines is 1.